The Balaban J connectivity index is 0.000000198. The van der Waals surface area contributed by atoms with Crippen LogP contribution in [-0.2, 0) is 0 Å². The van der Waals surface area contributed by atoms with Crippen LogP contribution in [0, 0.1) is 34.6 Å². The molecule has 14 rings (SSSR count). The lowest BCUT2D eigenvalue weighted by atomic mass is 9.88. The van der Waals surface area contributed by atoms with Gasteiger partial charge in [-0.1, -0.05) is 12.1 Å². The van der Waals surface area contributed by atoms with Crippen molar-refractivity contribution in [3.8, 4) is 0 Å². The minimum atomic E-state index is -0.119. The average Bonchev–Trinajstić information content (AvgIpc) is 0.835. The Morgan fingerprint density at radius 1 is 0.268 bits per heavy atom. The summed E-state index contributed by atoms with van der Waals surface area (Å²) in [6.45, 7) is 70.3. The van der Waals surface area contributed by atoms with Crippen molar-refractivity contribution in [1.29, 1.82) is 0 Å². The summed E-state index contributed by atoms with van der Waals surface area (Å²) in [5.41, 5.74) is 8.20. The third kappa shape index (κ3) is 36.0. The molecule has 0 atom stereocenters. The molecule has 7 fully saturated rings. The van der Waals surface area contributed by atoms with Crippen LogP contribution >= 0.6 is 0 Å². The molecule has 0 saturated carbocycles. The number of carbonyl (C=O) groups is 7. The first kappa shape index (κ1) is 113. The number of aromatic nitrogens is 7. The summed E-state index contributed by atoms with van der Waals surface area (Å²) in [6.07, 6.45) is 30.7. The number of hydrogen-bond acceptors (Lipinski definition) is 21. The lowest BCUT2D eigenvalue weighted by Gasteiger charge is -2.41. The second kappa shape index (κ2) is 52.5. The van der Waals surface area contributed by atoms with Gasteiger partial charge in [0.1, 0.15) is 11.4 Å². The van der Waals surface area contributed by atoms with Crippen molar-refractivity contribution in [2.24, 2.45) is 0 Å². The monoisotopic (exact) mass is 1900 g/mol. The zero-order chi connectivity index (χ0) is 102. The quantitative estimate of drug-likeness (QED) is 0.0351. The van der Waals surface area contributed by atoms with Crippen molar-refractivity contribution >= 4 is 41.4 Å². The molecule has 0 spiro atoms. The maximum absolute atomic E-state index is 12.4. The molecule has 0 bridgehead atoms. The van der Waals surface area contributed by atoms with Gasteiger partial charge in [-0.2, -0.15) is 0 Å². The van der Waals surface area contributed by atoms with E-state index in [9.17, 15) is 33.6 Å². The SMILES string of the molecule is CC(C)N1CCC(C)(NC(=O)c2ccccn2)CC1.CC(C)N1CCC(C)(NC(=O)c2cccnc2)CC1.Cc1ccc(C(=O)NC2(C)CCN(C(C)C)CC2)cn1.Cc1cccnc1C(=O)NC1(C)CCN(C(C)C)CC1.Cc1ccncc1C(=O)NC1(C)CCN(C(C)C)CC1.Cc1cncc(C(=O)NC2(C)CCN(C(C)C)CC2)c1.Cc1ncccc1C(=O)NC1(C)CCN(C(C)C)CC1. The second-order valence-corrected chi connectivity index (χ2v) is 43.4. The summed E-state index contributed by atoms with van der Waals surface area (Å²) in [6, 6.07) is 28.0. The van der Waals surface area contributed by atoms with E-state index in [4.69, 9.17) is 0 Å². The lowest BCUT2D eigenvalue weighted by molar-refractivity contribution is 0.0787. The van der Waals surface area contributed by atoms with Crippen molar-refractivity contribution in [2.75, 3.05) is 91.6 Å². The Kier molecular flexibility index (Phi) is 43.1. The largest absolute Gasteiger partial charge is 0.347 e. The first-order valence-corrected chi connectivity index (χ1v) is 50.9. The third-order valence-electron chi connectivity index (χ3n) is 29.2. The van der Waals surface area contributed by atoms with Crippen molar-refractivity contribution < 1.29 is 33.6 Å². The van der Waals surface area contributed by atoms with Gasteiger partial charge in [-0.25, -0.2) is 0 Å². The summed E-state index contributed by atoms with van der Waals surface area (Å²) in [7, 11) is 0. The van der Waals surface area contributed by atoms with E-state index in [1.54, 1.807) is 80.2 Å². The fourth-order valence-electron chi connectivity index (χ4n) is 18.4. The molecule has 7 aromatic rings. The Morgan fingerprint density at radius 3 is 0.928 bits per heavy atom. The zero-order valence-corrected chi connectivity index (χ0v) is 88.7. The number of nitrogens with zero attached hydrogens (tertiary/aromatic N) is 14. The number of carbonyl (C=O) groups excluding carboxylic acids is 7. The normalized spacial score (nSPS) is 19.1. The van der Waals surface area contributed by atoms with Gasteiger partial charge in [-0.05, 0) is 353 Å². The van der Waals surface area contributed by atoms with Crippen molar-refractivity contribution in [3.63, 3.8) is 0 Å². The maximum Gasteiger partial charge on any atom is 0.270 e. The molecule has 7 aliphatic heterocycles. The zero-order valence-electron chi connectivity index (χ0n) is 88.7. The van der Waals surface area contributed by atoms with Crippen LogP contribution in [0.2, 0.25) is 0 Å². The Hall–Kier alpha value is -9.94. The van der Waals surface area contributed by atoms with E-state index in [1.165, 1.54) is 0 Å². The highest BCUT2D eigenvalue weighted by Gasteiger charge is 2.40. The van der Waals surface area contributed by atoms with Crippen LogP contribution in [-0.4, -0.2) is 283 Å². The first-order valence-electron chi connectivity index (χ1n) is 50.9. The molecule has 0 aromatic carbocycles. The molecular weight excluding hydrogens is 1730 g/mol. The van der Waals surface area contributed by atoms with Crippen molar-refractivity contribution in [2.45, 2.75) is 351 Å². The Labute approximate surface area is 827 Å². The Bertz CT molecular complexity index is 4640. The highest BCUT2D eigenvalue weighted by atomic mass is 16.2. The summed E-state index contributed by atoms with van der Waals surface area (Å²) < 4.78 is 0. The van der Waals surface area contributed by atoms with Gasteiger partial charge >= 0.3 is 0 Å². The van der Waals surface area contributed by atoms with Crippen LogP contribution in [0.4, 0.5) is 0 Å². The average molecular weight is 1900 g/mol. The highest BCUT2D eigenvalue weighted by Crippen LogP contribution is 2.32. The van der Waals surface area contributed by atoms with Crippen LogP contribution in [0.15, 0.2) is 141 Å². The molecule has 758 valence electrons. The van der Waals surface area contributed by atoms with E-state index in [0.717, 1.165) is 210 Å². The predicted octanol–water partition coefficient (Wildman–Crippen LogP) is 16.1. The molecule has 0 radical (unpaired) electrons. The number of likely N-dealkylation sites (tertiary alicyclic amines) is 7. The van der Waals surface area contributed by atoms with Gasteiger partial charge in [0.05, 0.1) is 27.8 Å². The van der Waals surface area contributed by atoms with Gasteiger partial charge in [0.15, 0.2) is 0 Å². The topological polar surface area (TPSA) is 317 Å². The molecule has 7 N–H and O–H groups in total. The molecule has 7 aliphatic rings. The number of piperidine rings is 7. The van der Waals surface area contributed by atoms with E-state index in [0.29, 0.717) is 81.5 Å². The molecule has 28 heteroatoms. The smallest absolute Gasteiger partial charge is 0.270 e. The molecule has 14 heterocycles. The van der Waals surface area contributed by atoms with Crippen LogP contribution in [0.5, 0.6) is 0 Å². The number of amides is 7. The van der Waals surface area contributed by atoms with E-state index in [1.807, 2.05) is 95.3 Å². The molecule has 28 nitrogen and oxygen atoms in total. The highest BCUT2D eigenvalue weighted by molar-refractivity contribution is 5.98. The molecule has 138 heavy (non-hydrogen) atoms. The van der Waals surface area contributed by atoms with E-state index in [2.05, 4.69) is 252 Å². The number of aryl methyl sites for hydroxylation is 5. The fraction of sp³-hybridized carbons (Fsp3) is 0.618. The summed E-state index contributed by atoms with van der Waals surface area (Å²) in [5.74, 6) is -0.176. The van der Waals surface area contributed by atoms with Crippen molar-refractivity contribution in [1.82, 2.24) is 106 Å². The van der Waals surface area contributed by atoms with Gasteiger partial charge in [-0.15, -0.1) is 0 Å². The minimum Gasteiger partial charge on any atom is -0.347 e. The molecule has 0 unspecified atom stereocenters. The van der Waals surface area contributed by atoms with E-state index < -0.39 is 0 Å². The number of nitrogens with one attached hydrogen (secondary N) is 7. The van der Waals surface area contributed by atoms with E-state index in [-0.39, 0.29) is 80.1 Å². The first-order chi connectivity index (χ1) is 65.0. The van der Waals surface area contributed by atoms with Crippen molar-refractivity contribution in [3.05, 3.63) is 208 Å². The minimum absolute atomic E-state index is 0.00361. The number of hydrogen-bond donors (Lipinski definition) is 7. The van der Waals surface area contributed by atoms with Crippen LogP contribution in [0.25, 0.3) is 0 Å². The van der Waals surface area contributed by atoms with Gasteiger partial charge in [0.25, 0.3) is 41.4 Å². The summed E-state index contributed by atoms with van der Waals surface area (Å²) in [4.78, 5) is 132. The maximum atomic E-state index is 12.4. The van der Waals surface area contributed by atoms with Crippen LogP contribution in [0.1, 0.15) is 336 Å². The third-order valence-corrected chi connectivity index (χ3v) is 29.2. The van der Waals surface area contributed by atoms with Gasteiger partial charge in [0.2, 0.25) is 0 Å². The van der Waals surface area contributed by atoms with E-state index >= 15 is 0 Å². The molecule has 7 saturated heterocycles. The second-order valence-electron chi connectivity index (χ2n) is 43.4. The lowest BCUT2D eigenvalue weighted by Crippen LogP contribution is -2.54. The van der Waals surface area contributed by atoms with Gasteiger partial charge in [0, 0.05) is 246 Å². The summed E-state index contributed by atoms with van der Waals surface area (Å²) in [5, 5.41) is 22.3. The molecule has 7 amide bonds. The van der Waals surface area contributed by atoms with Gasteiger partial charge < -0.3 is 71.5 Å². The predicted molar refractivity (Wildman–Crippen MR) is 556 cm³/mol. The van der Waals surface area contributed by atoms with Crippen LogP contribution < -0.4 is 37.2 Å². The van der Waals surface area contributed by atoms with Crippen LogP contribution in [0.3, 0.4) is 0 Å². The van der Waals surface area contributed by atoms with Gasteiger partial charge in [-0.3, -0.25) is 68.4 Å². The fourth-order valence-corrected chi connectivity index (χ4v) is 18.4. The molecular formula is C110H171N21O7. The number of rotatable bonds is 21. The Morgan fingerprint density at radius 2 is 0.594 bits per heavy atom. The number of pyridine rings is 7. The summed E-state index contributed by atoms with van der Waals surface area (Å²) >= 11 is 0. The molecule has 0 aliphatic carbocycles. The standard InChI is InChI=1S/5C16H25N3O.2C15H23N3O/c1-12(2)19-9-6-16(4,7-10-19)18-15(20)14-11-17-8-5-13(14)3;1-12(2)19-7-5-16(4,6-8-19)18-15(20)14-9-13(3)10-17-11-14;1-12(2)19-9-7-16(4,8-10-19)18-15(20)14-6-5-13(3)17-11-14;1-12(2)19-10-7-16(4,8-11-19)18-15(20)14-6-5-9-17-13(14)3;1-12(2)19-10-7-16(4,8-11-19)18-15(20)14-13(3)6-5-9-17-14;1-12(2)18-9-6-15(3,7-10-18)17-14(19)13-5-4-8-16-11-13;1-12(2)18-10-7-15(3,8-11-18)17-14(19)13-6-4-5-9-16-13/h5,8,11-12H,6-7,9-10H2,1-4H3,(H,18,20);9-12H,5-8H2,1-4H3,(H,18,20);5-6,11-12H,7-10H2,1-4H3,(H,18,20);2*5-6,9,12H,7-8,10-11H2,1-4H3,(H,18,20);4-5,8,11-12H,6-7,9-10H2,1-3H3,(H,17,19);4-6,9,12H,7-8,10-11H2,1-3H3,(H,17,19). The molecule has 7 aromatic heterocycles.